The Hall–Kier alpha value is -1.59. The van der Waals surface area contributed by atoms with Gasteiger partial charge in [0, 0.05) is 6.04 Å². The normalized spacial score (nSPS) is 24.8. The Morgan fingerprint density at radius 3 is 2.52 bits per heavy atom. The van der Waals surface area contributed by atoms with Crippen LogP contribution in [0.25, 0.3) is 0 Å². The first-order valence-electron chi connectivity index (χ1n) is 7.52. The maximum Gasteiger partial charge on any atom is 0.407 e. The van der Waals surface area contributed by atoms with Gasteiger partial charge in [-0.25, -0.2) is 4.79 Å². The fourth-order valence-corrected chi connectivity index (χ4v) is 2.97. The van der Waals surface area contributed by atoms with Crippen molar-refractivity contribution in [2.24, 2.45) is 11.3 Å². The Bertz CT molecular complexity index is 476. The molecule has 6 nitrogen and oxygen atoms in total. The second kappa shape index (κ2) is 5.66. The second-order valence-corrected chi connectivity index (χ2v) is 7.38. The monoisotopic (exact) mass is 294 g/mol. The molecular formula is C15H26N4O2. The van der Waals surface area contributed by atoms with Crippen LogP contribution < -0.4 is 5.32 Å². The zero-order valence-electron chi connectivity index (χ0n) is 13.6. The molecule has 0 radical (unpaired) electrons. The van der Waals surface area contributed by atoms with Gasteiger partial charge in [0.2, 0.25) is 0 Å². The smallest absolute Gasteiger partial charge is 0.407 e. The quantitative estimate of drug-likeness (QED) is 0.930. The van der Waals surface area contributed by atoms with Crippen LogP contribution in [0.15, 0.2) is 12.4 Å². The van der Waals surface area contributed by atoms with Crippen molar-refractivity contribution in [3.05, 3.63) is 12.4 Å². The molecule has 1 aliphatic rings. The van der Waals surface area contributed by atoms with Crippen molar-refractivity contribution in [1.82, 2.24) is 20.3 Å². The molecule has 1 fully saturated rings. The molecule has 1 aliphatic carbocycles. The van der Waals surface area contributed by atoms with E-state index in [0.717, 1.165) is 19.4 Å². The van der Waals surface area contributed by atoms with E-state index in [1.54, 1.807) is 17.2 Å². The Morgan fingerprint density at radius 2 is 1.95 bits per heavy atom. The first-order valence-corrected chi connectivity index (χ1v) is 7.52. The summed E-state index contributed by atoms with van der Waals surface area (Å²) in [4.78, 5) is 13.7. The zero-order chi connectivity index (χ0) is 15.7. The van der Waals surface area contributed by atoms with Gasteiger partial charge < -0.3 is 10.1 Å². The number of ether oxygens (including phenoxy) is 1. The molecule has 0 spiro atoms. The van der Waals surface area contributed by atoms with Gasteiger partial charge in [-0.1, -0.05) is 13.8 Å². The van der Waals surface area contributed by atoms with Crippen molar-refractivity contribution in [1.29, 1.82) is 0 Å². The summed E-state index contributed by atoms with van der Waals surface area (Å²) < 4.78 is 5.35. The second-order valence-electron chi connectivity index (χ2n) is 7.38. The lowest BCUT2D eigenvalue weighted by molar-refractivity contribution is 0.0454. The number of amides is 1. The molecular weight excluding hydrogens is 268 g/mol. The third-order valence-electron chi connectivity index (χ3n) is 4.30. The number of carbonyl (C=O) groups excluding carboxylic acids is 1. The van der Waals surface area contributed by atoms with Gasteiger partial charge in [0.05, 0.1) is 18.9 Å². The van der Waals surface area contributed by atoms with Crippen LogP contribution in [0.5, 0.6) is 0 Å². The number of rotatable bonds is 3. The SMILES string of the molecule is CC(C)(C)OC(=O)NC1CCC(Cn2nccn2)C1(C)C. The van der Waals surface area contributed by atoms with E-state index in [1.165, 1.54) is 0 Å². The third-order valence-corrected chi connectivity index (χ3v) is 4.30. The van der Waals surface area contributed by atoms with Gasteiger partial charge >= 0.3 is 6.09 Å². The highest BCUT2D eigenvalue weighted by atomic mass is 16.6. The molecule has 6 heteroatoms. The third kappa shape index (κ3) is 3.95. The van der Waals surface area contributed by atoms with E-state index in [1.807, 2.05) is 20.8 Å². The minimum absolute atomic E-state index is 0.00939. The van der Waals surface area contributed by atoms with Crippen LogP contribution in [0.2, 0.25) is 0 Å². The number of nitrogens with zero attached hydrogens (tertiary/aromatic N) is 3. The van der Waals surface area contributed by atoms with E-state index in [-0.39, 0.29) is 17.6 Å². The molecule has 1 saturated carbocycles. The molecule has 118 valence electrons. The summed E-state index contributed by atoms with van der Waals surface area (Å²) in [5.41, 5.74) is -0.476. The summed E-state index contributed by atoms with van der Waals surface area (Å²) in [7, 11) is 0. The van der Waals surface area contributed by atoms with Crippen molar-refractivity contribution in [3.8, 4) is 0 Å². The predicted molar refractivity (Wildman–Crippen MR) is 79.7 cm³/mol. The van der Waals surface area contributed by atoms with Gasteiger partial charge in [-0.3, -0.25) is 0 Å². The van der Waals surface area contributed by atoms with E-state index < -0.39 is 5.60 Å². The topological polar surface area (TPSA) is 69.0 Å². The molecule has 2 unspecified atom stereocenters. The van der Waals surface area contributed by atoms with Gasteiger partial charge in [-0.2, -0.15) is 15.0 Å². The number of hydrogen-bond acceptors (Lipinski definition) is 4. The average molecular weight is 294 g/mol. The van der Waals surface area contributed by atoms with Crippen LogP contribution in [0.4, 0.5) is 4.79 Å². The van der Waals surface area contributed by atoms with E-state index >= 15 is 0 Å². The number of nitrogens with one attached hydrogen (secondary N) is 1. The molecule has 21 heavy (non-hydrogen) atoms. The highest BCUT2D eigenvalue weighted by Crippen LogP contribution is 2.43. The lowest BCUT2D eigenvalue weighted by Gasteiger charge is -2.33. The van der Waals surface area contributed by atoms with Gasteiger partial charge in [0.15, 0.2) is 0 Å². The summed E-state index contributed by atoms with van der Waals surface area (Å²) in [5, 5.41) is 11.4. The van der Waals surface area contributed by atoms with E-state index in [9.17, 15) is 4.79 Å². The highest BCUT2D eigenvalue weighted by molar-refractivity contribution is 5.68. The summed E-state index contributed by atoms with van der Waals surface area (Å²) in [5.74, 6) is 0.435. The summed E-state index contributed by atoms with van der Waals surface area (Å²) in [6, 6.07) is 0.118. The maximum absolute atomic E-state index is 12.0. The van der Waals surface area contributed by atoms with Crippen molar-refractivity contribution < 1.29 is 9.53 Å². The largest absolute Gasteiger partial charge is 0.444 e. The molecule has 1 N–H and O–H groups in total. The van der Waals surface area contributed by atoms with Crippen molar-refractivity contribution in [3.63, 3.8) is 0 Å². The van der Waals surface area contributed by atoms with Crippen LogP contribution in [0.3, 0.4) is 0 Å². The number of aromatic nitrogens is 3. The molecule has 1 heterocycles. The Kier molecular flexibility index (Phi) is 4.25. The van der Waals surface area contributed by atoms with Crippen LogP contribution in [-0.2, 0) is 11.3 Å². The average Bonchev–Trinajstić information content (AvgIpc) is 2.90. The molecule has 2 rings (SSSR count). The van der Waals surface area contributed by atoms with Gasteiger partial charge in [-0.05, 0) is 44.9 Å². The van der Waals surface area contributed by atoms with Gasteiger partial charge in [-0.15, -0.1) is 0 Å². The first-order chi connectivity index (χ1) is 9.68. The minimum Gasteiger partial charge on any atom is -0.444 e. The lowest BCUT2D eigenvalue weighted by Crippen LogP contribution is -2.46. The van der Waals surface area contributed by atoms with E-state index in [4.69, 9.17) is 4.74 Å². The van der Waals surface area contributed by atoms with E-state index in [2.05, 4.69) is 29.4 Å². The molecule has 1 aromatic rings. The molecule has 0 saturated heterocycles. The summed E-state index contributed by atoms with van der Waals surface area (Å²) in [6.07, 6.45) is 5.06. The molecule has 0 aliphatic heterocycles. The van der Waals surface area contributed by atoms with Crippen molar-refractivity contribution in [2.75, 3.05) is 0 Å². The zero-order valence-corrected chi connectivity index (χ0v) is 13.6. The molecule has 1 amide bonds. The van der Waals surface area contributed by atoms with Crippen LogP contribution in [-0.4, -0.2) is 32.7 Å². The minimum atomic E-state index is -0.467. The molecule has 0 bridgehead atoms. The lowest BCUT2D eigenvalue weighted by atomic mass is 9.79. The van der Waals surface area contributed by atoms with Gasteiger partial charge in [0.1, 0.15) is 5.60 Å². The Labute approximate surface area is 126 Å². The first kappa shape index (κ1) is 15.8. The van der Waals surface area contributed by atoms with E-state index in [0.29, 0.717) is 5.92 Å². The predicted octanol–water partition coefficient (Wildman–Crippen LogP) is 2.61. The fourth-order valence-electron chi connectivity index (χ4n) is 2.97. The summed E-state index contributed by atoms with van der Waals surface area (Å²) >= 11 is 0. The molecule has 0 aromatic carbocycles. The summed E-state index contributed by atoms with van der Waals surface area (Å²) in [6.45, 7) is 10.8. The van der Waals surface area contributed by atoms with Crippen LogP contribution in [0, 0.1) is 11.3 Å². The Morgan fingerprint density at radius 1 is 1.33 bits per heavy atom. The molecule has 2 atom stereocenters. The van der Waals surface area contributed by atoms with Gasteiger partial charge in [0.25, 0.3) is 0 Å². The highest BCUT2D eigenvalue weighted by Gasteiger charge is 2.44. The number of hydrogen-bond donors (Lipinski definition) is 1. The van der Waals surface area contributed by atoms with Crippen molar-refractivity contribution >= 4 is 6.09 Å². The Balaban J connectivity index is 1.95. The molecule has 1 aromatic heterocycles. The number of carbonyl (C=O) groups is 1. The standard InChI is InChI=1S/C15H26N4O2/c1-14(2,3)21-13(20)18-12-7-6-11(15(12,4)5)10-19-16-8-9-17-19/h8-9,11-12H,6-7,10H2,1-5H3,(H,18,20). The number of alkyl carbamates (subject to hydrolysis) is 1. The van der Waals surface area contributed by atoms with Crippen molar-refractivity contribution in [2.45, 2.75) is 65.6 Å². The fraction of sp³-hybridized carbons (Fsp3) is 0.800. The van der Waals surface area contributed by atoms with Crippen LogP contribution >= 0.6 is 0 Å². The maximum atomic E-state index is 12.0. The van der Waals surface area contributed by atoms with Crippen LogP contribution in [0.1, 0.15) is 47.5 Å².